The number of hydrogen-bond donors (Lipinski definition) is 3. The van der Waals surface area contributed by atoms with Crippen LogP contribution >= 0.6 is 0 Å². The predicted molar refractivity (Wildman–Crippen MR) is 67.2 cm³/mol. The van der Waals surface area contributed by atoms with Crippen molar-refractivity contribution in [1.82, 2.24) is 5.32 Å². The molecule has 1 heterocycles. The summed E-state index contributed by atoms with van der Waals surface area (Å²) >= 11 is 0. The van der Waals surface area contributed by atoms with Crippen molar-refractivity contribution in [1.29, 1.82) is 0 Å². The Labute approximate surface area is 106 Å². The molecule has 0 aromatic carbocycles. The Bertz CT molecular complexity index is 401. The molecule has 0 aliphatic heterocycles. The first kappa shape index (κ1) is 14.1. The molecule has 2 unspecified atom stereocenters. The Balaban J connectivity index is 2.35. The maximum atomic E-state index is 11.7. The van der Waals surface area contributed by atoms with Gasteiger partial charge in [0.15, 0.2) is 5.84 Å². The molecular weight excluding hydrogens is 234 g/mol. The first-order chi connectivity index (χ1) is 8.54. The Morgan fingerprint density at radius 3 is 2.89 bits per heavy atom. The van der Waals surface area contributed by atoms with Gasteiger partial charge >= 0.3 is 0 Å². The van der Waals surface area contributed by atoms with Crippen molar-refractivity contribution in [2.45, 2.75) is 32.7 Å². The van der Waals surface area contributed by atoms with Crippen LogP contribution in [0.15, 0.2) is 28.0 Å². The molecule has 18 heavy (non-hydrogen) atoms. The van der Waals surface area contributed by atoms with E-state index in [1.54, 1.807) is 13.2 Å². The highest BCUT2D eigenvalue weighted by molar-refractivity contribution is 6.01. The number of hydrogen-bond acceptors (Lipinski definition) is 4. The number of carbonyl (C=O) groups excluding carboxylic acids is 1. The molecule has 0 spiro atoms. The normalized spacial score (nSPS) is 15.1. The Morgan fingerprint density at radius 1 is 1.61 bits per heavy atom. The summed E-state index contributed by atoms with van der Waals surface area (Å²) in [7, 11) is 0. The second-order valence-corrected chi connectivity index (χ2v) is 4.27. The Hall–Kier alpha value is -1.98. The minimum absolute atomic E-state index is 0.00320. The summed E-state index contributed by atoms with van der Waals surface area (Å²) in [6.07, 6.45) is 3.15. The smallest absolute Gasteiger partial charge is 0.230 e. The van der Waals surface area contributed by atoms with Crippen LogP contribution in [0.4, 0.5) is 0 Å². The number of amides is 1. The molecule has 6 nitrogen and oxygen atoms in total. The zero-order valence-electron chi connectivity index (χ0n) is 10.6. The van der Waals surface area contributed by atoms with E-state index in [0.717, 1.165) is 18.6 Å². The van der Waals surface area contributed by atoms with Gasteiger partial charge in [-0.1, -0.05) is 5.16 Å². The lowest BCUT2D eigenvalue weighted by Crippen LogP contribution is -2.41. The zero-order chi connectivity index (χ0) is 13.5. The van der Waals surface area contributed by atoms with E-state index in [-0.39, 0.29) is 17.8 Å². The first-order valence-electron chi connectivity index (χ1n) is 5.84. The van der Waals surface area contributed by atoms with Crippen molar-refractivity contribution >= 4 is 11.7 Å². The van der Waals surface area contributed by atoms with Gasteiger partial charge in [0.05, 0.1) is 12.2 Å². The topological polar surface area (TPSA) is 101 Å². The molecule has 0 fully saturated rings. The fourth-order valence-electron chi connectivity index (χ4n) is 1.47. The van der Waals surface area contributed by atoms with Gasteiger partial charge in [-0.05, 0) is 32.4 Å². The number of nitrogens with one attached hydrogen (secondary N) is 1. The van der Waals surface area contributed by atoms with E-state index >= 15 is 0 Å². The molecular formula is C12H19N3O3. The van der Waals surface area contributed by atoms with E-state index in [4.69, 9.17) is 15.4 Å². The van der Waals surface area contributed by atoms with Gasteiger partial charge in [-0.3, -0.25) is 4.79 Å². The van der Waals surface area contributed by atoms with Crippen molar-refractivity contribution in [3.8, 4) is 0 Å². The molecule has 2 atom stereocenters. The van der Waals surface area contributed by atoms with E-state index in [0.29, 0.717) is 0 Å². The SMILES string of the molecule is CC(CCc1ccco1)NC(=O)C(C)C(N)=NO. The second-order valence-electron chi connectivity index (χ2n) is 4.27. The number of aryl methyl sites for hydroxylation is 1. The third kappa shape index (κ3) is 4.12. The summed E-state index contributed by atoms with van der Waals surface area (Å²) in [5.74, 6) is -0.0929. The van der Waals surface area contributed by atoms with Crippen LogP contribution in [-0.4, -0.2) is 23.0 Å². The van der Waals surface area contributed by atoms with Crippen LogP contribution < -0.4 is 11.1 Å². The molecule has 1 rings (SSSR count). The third-order valence-electron chi connectivity index (χ3n) is 2.74. The largest absolute Gasteiger partial charge is 0.469 e. The Morgan fingerprint density at radius 2 is 2.33 bits per heavy atom. The van der Waals surface area contributed by atoms with Crippen LogP contribution in [0.1, 0.15) is 26.0 Å². The van der Waals surface area contributed by atoms with Gasteiger partial charge in [0.2, 0.25) is 5.91 Å². The predicted octanol–water partition coefficient (Wildman–Crippen LogP) is 1.10. The number of amidine groups is 1. The molecule has 0 saturated heterocycles. The molecule has 100 valence electrons. The van der Waals surface area contributed by atoms with Gasteiger partial charge < -0.3 is 20.7 Å². The summed E-state index contributed by atoms with van der Waals surface area (Å²) in [4.78, 5) is 11.7. The average Bonchev–Trinajstić information content (AvgIpc) is 2.87. The van der Waals surface area contributed by atoms with Crippen molar-refractivity contribution in [2.24, 2.45) is 16.8 Å². The average molecular weight is 253 g/mol. The van der Waals surface area contributed by atoms with Crippen molar-refractivity contribution in [3.63, 3.8) is 0 Å². The van der Waals surface area contributed by atoms with E-state index in [2.05, 4.69) is 10.5 Å². The molecule has 0 aliphatic rings. The molecule has 0 aliphatic carbocycles. The highest BCUT2D eigenvalue weighted by atomic mass is 16.4. The quantitative estimate of drug-likeness (QED) is 0.306. The molecule has 1 aromatic heterocycles. The van der Waals surface area contributed by atoms with Crippen molar-refractivity contribution < 1.29 is 14.4 Å². The molecule has 4 N–H and O–H groups in total. The molecule has 6 heteroatoms. The fraction of sp³-hybridized carbons (Fsp3) is 0.500. The minimum atomic E-state index is -0.638. The highest BCUT2D eigenvalue weighted by Crippen LogP contribution is 2.06. The van der Waals surface area contributed by atoms with Gasteiger partial charge in [0, 0.05) is 12.5 Å². The summed E-state index contributed by atoms with van der Waals surface area (Å²) in [6, 6.07) is 3.73. The standard InChI is InChI=1S/C12H19N3O3/c1-8(5-6-10-4-3-7-18-10)14-12(16)9(2)11(13)15-17/h3-4,7-9,17H,5-6H2,1-2H3,(H2,13,15)(H,14,16). The van der Waals surface area contributed by atoms with Gasteiger partial charge in [0.1, 0.15) is 5.76 Å². The monoisotopic (exact) mass is 253 g/mol. The number of rotatable bonds is 6. The van der Waals surface area contributed by atoms with E-state index < -0.39 is 5.92 Å². The second kappa shape index (κ2) is 6.68. The Kier molecular flexibility index (Phi) is 5.23. The number of nitrogens with zero attached hydrogens (tertiary/aromatic N) is 1. The summed E-state index contributed by atoms with van der Waals surface area (Å²) in [5.41, 5.74) is 5.37. The fourth-order valence-corrected chi connectivity index (χ4v) is 1.47. The van der Waals surface area contributed by atoms with Gasteiger partial charge in [-0.2, -0.15) is 0 Å². The van der Waals surface area contributed by atoms with Crippen molar-refractivity contribution in [3.05, 3.63) is 24.2 Å². The van der Waals surface area contributed by atoms with Crippen LogP contribution in [0.25, 0.3) is 0 Å². The molecule has 1 amide bonds. The lowest BCUT2D eigenvalue weighted by atomic mass is 10.1. The van der Waals surface area contributed by atoms with Crippen molar-refractivity contribution in [2.75, 3.05) is 0 Å². The van der Waals surface area contributed by atoms with Crippen LogP contribution in [0.5, 0.6) is 0 Å². The molecule has 0 radical (unpaired) electrons. The summed E-state index contributed by atoms with van der Waals surface area (Å²) in [5, 5.41) is 14.1. The first-order valence-corrected chi connectivity index (χ1v) is 5.84. The van der Waals surface area contributed by atoms with Gasteiger partial charge in [-0.15, -0.1) is 0 Å². The van der Waals surface area contributed by atoms with Crippen LogP contribution in [0.3, 0.4) is 0 Å². The third-order valence-corrected chi connectivity index (χ3v) is 2.74. The number of oxime groups is 1. The maximum Gasteiger partial charge on any atom is 0.230 e. The lowest BCUT2D eigenvalue weighted by Gasteiger charge is -2.16. The zero-order valence-corrected chi connectivity index (χ0v) is 10.6. The van der Waals surface area contributed by atoms with Gasteiger partial charge in [0.25, 0.3) is 0 Å². The minimum Gasteiger partial charge on any atom is -0.469 e. The van der Waals surface area contributed by atoms with Crippen LogP contribution in [-0.2, 0) is 11.2 Å². The molecule has 1 aromatic rings. The highest BCUT2D eigenvalue weighted by Gasteiger charge is 2.19. The van der Waals surface area contributed by atoms with E-state index in [1.807, 2.05) is 19.1 Å². The summed E-state index contributed by atoms with van der Waals surface area (Å²) < 4.78 is 5.21. The summed E-state index contributed by atoms with van der Waals surface area (Å²) in [6.45, 7) is 3.49. The van der Waals surface area contributed by atoms with E-state index in [1.165, 1.54) is 0 Å². The van der Waals surface area contributed by atoms with E-state index in [9.17, 15) is 4.79 Å². The lowest BCUT2D eigenvalue weighted by molar-refractivity contribution is -0.123. The number of carbonyl (C=O) groups is 1. The maximum absolute atomic E-state index is 11.7. The molecule has 0 bridgehead atoms. The molecule has 0 saturated carbocycles. The number of nitrogens with two attached hydrogens (primary N) is 1. The van der Waals surface area contributed by atoms with Crippen LogP contribution in [0, 0.1) is 5.92 Å². The van der Waals surface area contributed by atoms with Gasteiger partial charge in [-0.25, -0.2) is 0 Å². The number of furan rings is 1. The van der Waals surface area contributed by atoms with Crippen LogP contribution in [0.2, 0.25) is 0 Å².